The molecule has 1 heterocycles. The molecule has 0 aliphatic heterocycles. The van der Waals surface area contributed by atoms with Gasteiger partial charge in [0, 0.05) is 53.7 Å². The molecule has 0 aliphatic rings. The molecule has 0 bridgehead atoms. The lowest BCUT2D eigenvalue weighted by Gasteiger charge is -2.25. The molecule has 1 aromatic carbocycles. The maximum absolute atomic E-state index is 9.00. The highest BCUT2D eigenvalue weighted by Crippen LogP contribution is 2.31. The zero-order chi connectivity index (χ0) is 13.8. The van der Waals surface area contributed by atoms with Crippen LogP contribution in [0.4, 0.5) is 11.4 Å². The fourth-order valence-electron chi connectivity index (χ4n) is 2.34. The van der Waals surface area contributed by atoms with E-state index in [0.29, 0.717) is 0 Å². The van der Waals surface area contributed by atoms with Crippen LogP contribution < -0.4 is 10.6 Å². The van der Waals surface area contributed by atoms with Gasteiger partial charge >= 0.3 is 0 Å². The van der Waals surface area contributed by atoms with E-state index in [0.717, 1.165) is 47.4 Å². The predicted octanol–water partition coefficient (Wildman–Crippen LogP) is 2.33. The molecule has 4 nitrogen and oxygen atoms in total. The Morgan fingerprint density at radius 3 is 2.79 bits per heavy atom. The van der Waals surface area contributed by atoms with Gasteiger partial charge in [-0.05, 0) is 38.5 Å². The topological polar surface area (TPSA) is 62.4 Å². The van der Waals surface area contributed by atoms with Crippen molar-refractivity contribution in [2.75, 3.05) is 30.3 Å². The second-order valence-corrected chi connectivity index (χ2v) is 4.70. The molecule has 0 unspecified atom stereocenters. The van der Waals surface area contributed by atoms with Gasteiger partial charge in [-0.15, -0.1) is 0 Å². The van der Waals surface area contributed by atoms with E-state index in [4.69, 9.17) is 10.8 Å². The number of aryl methyl sites for hydroxylation is 1. The summed E-state index contributed by atoms with van der Waals surface area (Å²) in [6.45, 7) is 6.06. The molecule has 0 radical (unpaired) electrons. The van der Waals surface area contributed by atoms with Crippen LogP contribution in [0.2, 0.25) is 0 Å². The number of anilines is 2. The van der Waals surface area contributed by atoms with Crippen LogP contribution in [-0.4, -0.2) is 29.8 Å². The normalized spacial score (nSPS) is 10.9. The fourth-order valence-corrected chi connectivity index (χ4v) is 2.34. The number of aliphatic hydroxyl groups excluding tert-OH is 1. The molecule has 0 fully saturated rings. The number of nitrogen functional groups attached to an aromatic ring is 1. The van der Waals surface area contributed by atoms with Crippen molar-refractivity contribution in [2.24, 2.45) is 0 Å². The summed E-state index contributed by atoms with van der Waals surface area (Å²) in [5, 5.41) is 11.1. The SMILES string of the molecule is CCN(CCCO)c1ccc(N)c2cnc(C)cc12. The van der Waals surface area contributed by atoms with E-state index in [9.17, 15) is 0 Å². The van der Waals surface area contributed by atoms with E-state index in [-0.39, 0.29) is 6.61 Å². The Morgan fingerprint density at radius 1 is 1.32 bits per heavy atom. The first kappa shape index (κ1) is 13.6. The quantitative estimate of drug-likeness (QED) is 0.809. The Morgan fingerprint density at radius 2 is 2.11 bits per heavy atom. The molecule has 0 amide bonds. The van der Waals surface area contributed by atoms with Gasteiger partial charge in [-0.25, -0.2) is 0 Å². The van der Waals surface area contributed by atoms with E-state index in [1.54, 1.807) is 0 Å². The first-order chi connectivity index (χ1) is 9.17. The number of pyridine rings is 1. The van der Waals surface area contributed by atoms with E-state index >= 15 is 0 Å². The minimum absolute atomic E-state index is 0.212. The monoisotopic (exact) mass is 259 g/mol. The Hall–Kier alpha value is -1.81. The van der Waals surface area contributed by atoms with Crippen molar-refractivity contribution in [1.29, 1.82) is 0 Å². The van der Waals surface area contributed by atoms with Gasteiger partial charge in [0.25, 0.3) is 0 Å². The highest BCUT2D eigenvalue weighted by atomic mass is 16.3. The van der Waals surface area contributed by atoms with Crippen molar-refractivity contribution >= 4 is 22.1 Å². The molecule has 3 N–H and O–H groups in total. The molecular weight excluding hydrogens is 238 g/mol. The summed E-state index contributed by atoms with van der Waals surface area (Å²) >= 11 is 0. The number of aromatic nitrogens is 1. The van der Waals surface area contributed by atoms with Gasteiger partial charge in [-0.2, -0.15) is 0 Å². The molecule has 0 aliphatic carbocycles. The van der Waals surface area contributed by atoms with Crippen LogP contribution >= 0.6 is 0 Å². The lowest BCUT2D eigenvalue weighted by Crippen LogP contribution is -2.24. The second kappa shape index (κ2) is 5.89. The summed E-state index contributed by atoms with van der Waals surface area (Å²) < 4.78 is 0. The Kier molecular flexibility index (Phi) is 4.22. The fraction of sp³-hybridized carbons (Fsp3) is 0.400. The number of benzene rings is 1. The van der Waals surface area contributed by atoms with Crippen molar-refractivity contribution in [3.63, 3.8) is 0 Å². The van der Waals surface area contributed by atoms with Crippen molar-refractivity contribution in [1.82, 2.24) is 4.98 Å². The summed E-state index contributed by atoms with van der Waals surface area (Å²) in [5.74, 6) is 0. The zero-order valence-corrected chi connectivity index (χ0v) is 11.6. The molecular formula is C15H21N3O. The van der Waals surface area contributed by atoms with Gasteiger partial charge in [0.2, 0.25) is 0 Å². The number of hydrogen-bond donors (Lipinski definition) is 2. The van der Waals surface area contributed by atoms with Gasteiger partial charge in [0.15, 0.2) is 0 Å². The first-order valence-electron chi connectivity index (χ1n) is 6.68. The van der Waals surface area contributed by atoms with E-state index in [1.807, 2.05) is 19.2 Å². The molecule has 2 rings (SSSR count). The number of aliphatic hydroxyl groups is 1. The van der Waals surface area contributed by atoms with Crippen LogP contribution in [0.5, 0.6) is 0 Å². The molecule has 0 spiro atoms. The molecule has 0 atom stereocenters. The number of rotatable bonds is 5. The van der Waals surface area contributed by atoms with Crippen LogP contribution in [-0.2, 0) is 0 Å². The molecule has 2 aromatic rings. The van der Waals surface area contributed by atoms with Crippen LogP contribution in [0, 0.1) is 6.92 Å². The minimum Gasteiger partial charge on any atom is -0.398 e. The van der Waals surface area contributed by atoms with Gasteiger partial charge in [-0.3, -0.25) is 4.98 Å². The summed E-state index contributed by atoms with van der Waals surface area (Å²) in [4.78, 5) is 6.58. The van der Waals surface area contributed by atoms with Crippen LogP contribution in [0.25, 0.3) is 10.8 Å². The standard InChI is InChI=1S/C15H21N3O/c1-3-18(7-4-8-19)15-6-5-14(16)13-10-17-11(2)9-12(13)15/h5-6,9-10,19H,3-4,7-8,16H2,1-2H3. The van der Waals surface area contributed by atoms with Crippen LogP contribution in [0.1, 0.15) is 19.0 Å². The van der Waals surface area contributed by atoms with Crippen molar-refractivity contribution in [2.45, 2.75) is 20.3 Å². The molecule has 102 valence electrons. The predicted molar refractivity (Wildman–Crippen MR) is 80.5 cm³/mol. The van der Waals surface area contributed by atoms with E-state index < -0.39 is 0 Å². The smallest absolute Gasteiger partial charge is 0.0448 e. The molecule has 1 aromatic heterocycles. The summed E-state index contributed by atoms with van der Waals surface area (Å²) in [6.07, 6.45) is 2.60. The van der Waals surface area contributed by atoms with Crippen molar-refractivity contribution in [3.8, 4) is 0 Å². The zero-order valence-electron chi connectivity index (χ0n) is 11.6. The van der Waals surface area contributed by atoms with Gasteiger partial charge in [0.1, 0.15) is 0 Å². The molecule has 19 heavy (non-hydrogen) atoms. The third-order valence-corrected chi connectivity index (χ3v) is 3.36. The van der Waals surface area contributed by atoms with Crippen LogP contribution in [0.3, 0.4) is 0 Å². The summed E-state index contributed by atoms with van der Waals surface area (Å²) in [7, 11) is 0. The third-order valence-electron chi connectivity index (χ3n) is 3.36. The highest BCUT2D eigenvalue weighted by Gasteiger charge is 2.10. The lowest BCUT2D eigenvalue weighted by molar-refractivity contribution is 0.289. The number of nitrogens with two attached hydrogens (primary N) is 1. The number of hydrogen-bond acceptors (Lipinski definition) is 4. The first-order valence-corrected chi connectivity index (χ1v) is 6.68. The third kappa shape index (κ3) is 2.79. The van der Waals surface area contributed by atoms with Crippen molar-refractivity contribution < 1.29 is 5.11 Å². The van der Waals surface area contributed by atoms with Gasteiger partial charge in [0.05, 0.1) is 0 Å². The minimum atomic E-state index is 0.212. The maximum atomic E-state index is 9.00. The Balaban J connectivity index is 2.52. The van der Waals surface area contributed by atoms with Crippen molar-refractivity contribution in [3.05, 3.63) is 30.1 Å². The Bertz CT molecular complexity index is 569. The molecule has 4 heteroatoms. The second-order valence-electron chi connectivity index (χ2n) is 4.70. The highest BCUT2D eigenvalue weighted by molar-refractivity contribution is 6.01. The number of fused-ring (bicyclic) bond motifs is 1. The summed E-state index contributed by atoms with van der Waals surface area (Å²) in [6, 6.07) is 6.05. The molecule has 0 saturated carbocycles. The van der Waals surface area contributed by atoms with Gasteiger partial charge in [-0.1, -0.05) is 0 Å². The summed E-state index contributed by atoms with van der Waals surface area (Å²) in [5.41, 5.74) is 8.91. The van der Waals surface area contributed by atoms with Crippen LogP contribution in [0.15, 0.2) is 24.4 Å². The average Bonchev–Trinajstić information content (AvgIpc) is 2.41. The Labute approximate surface area is 113 Å². The van der Waals surface area contributed by atoms with E-state index in [2.05, 4.69) is 28.9 Å². The maximum Gasteiger partial charge on any atom is 0.0448 e. The lowest BCUT2D eigenvalue weighted by atomic mass is 10.1. The average molecular weight is 259 g/mol. The largest absolute Gasteiger partial charge is 0.398 e. The molecule has 0 saturated heterocycles. The number of nitrogens with zero attached hydrogens (tertiary/aromatic N) is 2. The van der Waals surface area contributed by atoms with E-state index in [1.165, 1.54) is 0 Å². The van der Waals surface area contributed by atoms with Gasteiger partial charge < -0.3 is 15.7 Å².